The molecule has 1 N–H and O–H groups in total. The number of nitrogens with zero attached hydrogens (tertiary/aromatic N) is 2. The average molecular weight is 283 g/mol. The van der Waals surface area contributed by atoms with Gasteiger partial charge >= 0.3 is 6.09 Å². The van der Waals surface area contributed by atoms with E-state index in [1.54, 1.807) is 0 Å². The first kappa shape index (κ1) is 15.6. The highest BCUT2D eigenvalue weighted by Crippen LogP contribution is 2.20. The summed E-state index contributed by atoms with van der Waals surface area (Å²) in [5, 5.41) is 3.43. The van der Waals surface area contributed by atoms with E-state index in [9.17, 15) is 4.79 Å². The number of nitrogens with one attached hydrogen (secondary N) is 1. The number of carbonyl (C=O) groups is 1. The zero-order valence-corrected chi connectivity index (χ0v) is 13.2. The van der Waals surface area contributed by atoms with Crippen LogP contribution >= 0.6 is 0 Å². The highest BCUT2D eigenvalue weighted by Gasteiger charge is 2.30. The molecule has 0 aromatic rings. The van der Waals surface area contributed by atoms with Crippen LogP contribution in [-0.4, -0.2) is 67.3 Å². The van der Waals surface area contributed by atoms with E-state index >= 15 is 0 Å². The highest BCUT2D eigenvalue weighted by atomic mass is 16.6. The number of ether oxygens (including phenoxy) is 1. The molecule has 2 aliphatic rings. The second-order valence-electron chi connectivity index (χ2n) is 6.99. The predicted molar refractivity (Wildman–Crippen MR) is 79.8 cm³/mol. The van der Waals surface area contributed by atoms with Crippen LogP contribution in [0, 0.1) is 5.92 Å². The molecule has 1 atom stereocenters. The van der Waals surface area contributed by atoms with Crippen LogP contribution in [0.3, 0.4) is 0 Å². The van der Waals surface area contributed by atoms with E-state index in [4.69, 9.17) is 4.74 Å². The van der Waals surface area contributed by atoms with Crippen LogP contribution in [0.25, 0.3) is 0 Å². The topological polar surface area (TPSA) is 44.8 Å². The lowest BCUT2D eigenvalue weighted by atomic mass is 10.1. The summed E-state index contributed by atoms with van der Waals surface area (Å²) in [5.41, 5.74) is -0.397. The maximum Gasteiger partial charge on any atom is 0.410 e. The maximum atomic E-state index is 12.0. The lowest BCUT2D eigenvalue weighted by Gasteiger charge is -2.25. The maximum absolute atomic E-state index is 12.0. The molecule has 0 radical (unpaired) electrons. The van der Waals surface area contributed by atoms with Crippen molar-refractivity contribution >= 4 is 6.09 Å². The van der Waals surface area contributed by atoms with Crippen molar-refractivity contribution in [1.29, 1.82) is 0 Å². The Hall–Kier alpha value is -0.810. The predicted octanol–water partition coefficient (Wildman–Crippen LogP) is 1.54. The Morgan fingerprint density at radius 2 is 2.05 bits per heavy atom. The molecule has 2 aliphatic heterocycles. The fraction of sp³-hybridized carbons (Fsp3) is 0.933. The fourth-order valence-electron chi connectivity index (χ4n) is 2.92. The number of rotatable bonds is 2. The fourth-order valence-corrected chi connectivity index (χ4v) is 2.92. The van der Waals surface area contributed by atoms with Gasteiger partial charge in [0.25, 0.3) is 0 Å². The number of hydrogen-bond acceptors (Lipinski definition) is 4. The molecule has 0 saturated carbocycles. The highest BCUT2D eigenvalue weighted by molar-refractivity contribution is 5.68. The van der Waals surface area contributed by atoms with Gasteiger partial charge < -0.3 is 19.9 Å². The quantitative estimate of drug-likeness (QED) is 0.835. The SMILES string of the molecule is CC(C)(C)OC(=O)N1CCC(CN2CCCNCC2)C1. The van der Waals surface area contributed by atoms with Gasteiger partial charge in [0, 0.05) is 32.7 Å². The Balaban J connectivity index is 1.75. The summed E-state index contributed by atoms with van der Waals surface area (Å²) < 4.78 is 5.44. The summed E-state index contributed by atoms with van der Waals surface area (Å²) in [6.07, 6.45) is 2.17. The summed E-state index contributed by atoms with van der Waals surface area (Å²) in [4.78, 5) is 16.4. The smallest absolute Gasteiger partial charge is 0.410 e. The van der Waals surface area contributed by atoms with Gasteiger partial charge in [-0.3, -0.25) is 0 Å². The van der Waals surface area contributed by atoms with E-state index in [0.29, 0.717) is 5.92 Å². The van der Waals surface area contributed by atoms with Crippen molar-refractivity contribution in [3.63, 3.8) is 0 Å². The van der Waals surface area contributed by atoms with Crippen LogP contribution in [0.15, 0.2) is 0 Å². The second-order valence-corrected chi connectivity index (χ2v) is 6.99. The largest absolute Gasteiger partial charge is 0.444 e. The Morgan fingerprint density at radius 1 is 1.25 bits per heavy atom. The van der Waals surface area contributed by atoms with Crippen molar-refractivity contribution in [2.45, 2.75) is 39.2 Å². The third-order valence-electron chi connectivity index (χ3n) is 3.89. The van der Waals surface area contributed by atoms with Gasteiger partial charge in [-0.2, -0.15) is 0 Å². The van der Waals surface area contributed by atoms with Gasteiger partial charge in [0.2, 0.25) is 0 Å². The van der Waals surface area contributed by atoms with Crippen molar-refractivity contribution in [2.75, 3.05) is 45.8 Å². The van der Waals surface area contributed by atoms with Gasteiger partial charge in [0.15, 0.2) is 0 Å². The minimum absolute atomic E-state index is 0.155. The van der Waals surface area contributed by atoms with E-state index in [1.165, 1.54) is 13.0 Å². The van der Waals surface area contributed by atoms with Crippen LogP contribution < -0.4 is 5.32 Å². The van der Waals surface area contributed by atoms with Crippen molar-refractivity contribution in [3.05, 3.63) is 0 Å². The number of likely N-dealkylation sites (tertiary alicyclic amines) is 1. The Bertz CT molecular complexity index is 320. The van der Waals surface area contributed by atoms with Crippen molar-refractivity contribution in [3.8, 4) is 0 Å². The molecule has 0 aromatic heterocycles. The molecule has 2 heterocycles. The lowest BCUT2D eigenvalue weighted by Crippen LogP contribution is -2.37. The van der Waals surface area contributed by atoms with Crippen molar-refractivity contribution in [2.24, 2.45) is 5.92 Å². The van der Waals surface area contributed by atoms with Crippen molar-refractivity contribution in [1.82, 2.24) is 15.1 Å². The summed E-state index contributed by atoms with van der Waals surface area (Å²) >= 11 is 0. The Labute approximate surface area is 122 Å². The molecule has 0 aliphatic carbocycles. The van der Waals surface area contributed by atoms with Crippen LogP contribution in [0.4, 0.5) is 4.79 Å². The average Bonchev–Trinajstić information content (AvgIpc) is 2.64. The van der Waals surface area contributed by atoms with Gasteiger partial charge in [-0.15, -0.1) is 0 Å². The van der Waals surface area contributed by atoms with Crippen LogP contribution in [0.5, 0.6) is 0 Å². The second kappa shape index (κ2) is 6.76. The van der Waals surface area contributed by atoms with E-state index in [2.05, 4.69) is 10.2 Å². The first-order valence-corrected chi connectivity index (χ1v) is 7.85. The van der Waals surface area contributed by atoms with Gasteiger partial charge in [0.1, 0.15) is 5.60 Å². The lowest BCUT2D eigenvalue weighted by molar-refractivity contribution is 0.0285. The molecule has 5 nitrogen and oxygen atoms in total. The first-order valence-electron chi connectivity index (χ1n) is 7.85. The summed E-state index contributed by atoms with van der Waals surface area (Å²) in [6.45, 7) is 13.1. The van der Waals surface area contributed by atoms with E-state index in [-0.39, 0.29) is 6.09 Å². The Morgan fingerprint density at radius 3 is 2.80 bits per heavy atom. The third-order valence-corrected chi connectivity index (χ3v) is 3.89. The molecule has 5 heteroatoms. The zero-order valence-electron chi connectivity index (χ0n) is 13.2. The van der Waals surface area contributed by atoms with Crippen molar-refractivity contribution < 1.29 is 9.53 Å². The number of amides is 1. The summed E-state index contributed by atoms with van der Waals surface area (Å²) in [5.74, 6) is 0.598. The normalized spacial score (nSPS) is 25.6. The molecule has 2 fully saturated rings. The molecular formula is C15H29N3O2. The summed E-state index contributed by atoms with van der Waals surface area (Å²) in [6, 6.07) is 0. The molecule has 0 spiro atoms. The van der Waals surface area contributed by atoms with Crippen LogP contribution in [0.2, 0.25) is 0 Å². The molecule has 2 saturated heterocycles. The summed E-state index contributed by atoms with van der Waals surface area (Å²) in [7, 11) is 0. The monoisotopic (exact) mass is 283 g/mol. The van der Waals surface area contributed by atoms with Gasteiger partial charge in [0.05, 0.1) is 0 Å². The molecule has 116 valence electrons. The molecule has 2 rings (SSSR count). The number of hydrogen-bond donors (Lipinski definition) is 1. The molecule has 0 aromatic carbocycles. The zero-order chi connectivity index (χ0) is 14.6. The minimum atomic E-state index is -0.397. The van der Waals surface area contributed by atoms with Crippen LogP contribution in [0.1, 0.15) is 33.6 Å². The van der Waals surface area contributed by atoms with Gasteiger partial charge in [-0.05, 0) is 52.6 Å². The van der Waals surface area contributed by atoms with E-state index in [0.717, 1.165) is 45.7 Å². The standard InChI is InChI=1S/C15H29N3O2/c1-15(2,3)20-14(19)18-9-5-13(12-18)11-17-8-4-6-16-7-10-17/h13,16H,4-12H2,1-3H3. The number of carbonyl (C=O) groups excluding carboxylic acids is 1. The minimum Gasteiger partial charge on any atom is -0.444 e. The molecule has 0 bridgehead atoms. The van der Waals surface area contributed by atoms with Gasteiger partial charge in [-0.1, -0.05) is 0 Å². The molecule has 1 amide bonds. The molecular weight excluding hydrogens is 254 g/mol. The van der Waals surface area contributed by atoms with E-state index in [1.807, 2.05) is 25.7 Å². The van der Waals surface area contributed by atoms with E-state index < -0.39 is 5.60 Å². The van der Waals surface area contributed by atoms with Crippen LogP contribution in [-0.2, 0) is 4.74 Å². The Kier molecular flexibility index (Phi) is 5.27. The molecule has 20 heavy (non-hydrogen) atoms. The molecule has 1 unspecified atom stereocenters. The third kappa shape index (κ3) is 4.94. The first-order chi connectivity index (χ1) is 9.44. The van der Waals surface area contributed by atoms with Gasteiger partial charge in [-0.25, -0.2) is 4.79 Å².